The molecule has 0 aliphatic carbocycles. The average Bonchev–Trinajstić information content (AvgIpc) is 2.52. The van der Waals surface area contributed by atoms with Crippen LogP contribution < -0.4 is 10.5 Å². The van der Waals surface area contributed by atoms with E-state index in [1.54, 1.807) is 25.4 Å². The van der Waals surface area contributed by atoms with Crippen LogP contribution in [-0.2, 0) is 7.05 Å². The smallest absolute Gasteiger partial charge is 0.282 e. The van der Waals surface area contributed by atoms with Crippen molar-refractivity contribution in [3.05, 3.63) is 56.7 Å². The Morgan fingerprint density at radius 3 is 2.50 bits per heavy atom. The second-order valence-electron chi connectivity index (χ2n) is 6.14. The monoisotopic (exact) mass is 397 g/mol. The first-order valence-electron chi connectivity index (χ1n) is 7.70. The van der Waals surface area contributed by atoms with Crippen LogP contribution in [0.5, 0.6) is 0 Å². The Balaban J connectivity index is 2.30. The quantitative estimate of drug-likeness (QED) is 0.813. The zero-order valence-electron chi connectivity index (χ0n) is 13.9. The van der Waals surface area contributed by atoms with E-state index in [1.807, 2.05) is 4.90 Å². The van der Waals surface area contributed by atoms with Crippen LogP contribution in [0.15, 0.2) is 39.7 Å². The summed E-state index contributed by atoms with van der Waals surface area (Å²) in [7, 11) is 1.58. The van der Waals surface area contributed by atoms with Crippen LogP contribution in [0.1, 0.15) is 25.5 Å². The SMILES string of the molecule is CC(C)CN(CC(O)c1ccc(F)cc1)c1cnn(C)c(=O)c1Br. The summed E-state index contributed by atoms with van der Waals surface area (Å²) in [4.78, 5) is 14.0. The van der Waals surface area contributed by atoms with Crippen molar-refractivity contribution in [2.24, 2.45) is 13.0 Å². The fourth-order valence-electron chi connectivity index (χ4n) is 2.43. The molecule has 1 atom stereocenters. The summed E-state index contributed by atoms with van der Waals surface area (Å²) >= 11 is 3.33. The van der Waals surface area contributed by atoms with Crippen molar-refractivity contribution in [3.8, 4) is 0 Å². The normalized spacial score (nSPS) is 12.5. The lowest BCUT2D eigenvalue weighted by atomic mass is 10.1. The van der Waals surface area contributed by atoms with Crippen LogP contribution in [-0.4, -0.2) is 28.0 Å². The molecule has 0 radical (unpaired) electrons. The van der Waals surface area contributed by atoms with Crippen molar-refractivity contribution in [1.29, 1.82) is 0 Å². The van der Waals surface area contributed by atoms with E-state index in [0.717, 1.165) is 0 Å². The first kappa shape index (κ1) is 18.6. The van der Waals surface area contributed by atoms with Crippen molar-refractivity contribution in [2.75, 3.05) is 18.0 Å². The third-order valence-electron chi connectivity index (χ3n) is 3.63. The second-order valence-corrected chi connectivity index (χ2v) is 6.93. The number of benzene rings is 1. The minimum Gasteiger partial charge on any atom is -0.387 e. The number of aryl methyl sites for hydroxylation is 1. The highest BCUT2D eigenvalue weighted by molar-refractivity contribution is 9.10. The Morgan fingerprint density at radius 1 is 1.29 bits per heavy atom. The first-order valence-corrected chi connectivity index (χ1v) is 8.49. The maximum atomic E-state index is 13.0. The molecule has 0 spiro atoms. The van der Waals surface area contributed by atoms with Crippen molar-refractivity contribution in [3.63, 3.8) is 0 Å². The number of hydrogen-bond donors (Lipinski definition) is 1. The molecule has 1 unspecified atom stereocenters. The molecule has 24 heavy (non-hydrogen) atoms. The van der Waals surface area contributed by atoms with E-state index in [4.69, 9.17) is 0 Å². The number of hydrogen-bond acceptors (Lipinski definition) is 4. The third kappa shape index (κ3) is 4.42. The van der Waals surface area contributed by atoms with Gasteiger partial charge in [0.25, 0.3) is 5.56 Å². The molecule has 0 saturated heterocycles. The molecule has 5 nitrogen and oxygen atoms in total. The largest absolute Gasteiger partial charge is 0.387 e. The Kier molecular flexibility index (Phi) is 6.12. The van der Waals surface area contributed by atoms with Gasteiger partial charge in [-0.2, -0.15) is 5.10 Å². The third-order valence-corrected chi connectivity index (χ3v) is 4.38. The topological polar surface area (TPSA) is 58.4 Å². The number of halogens is 2. The van der Waals surface area contributed by atoms with Gasteiger partial charge in [0, 0.05) is 20.1 Å². The zero-order valence-corrected chi connectivity index (χ0v) is 15.5. The lowest BCUT2D eigenvalue weighted by Crippen LogP contribution is -2.34. The van der Waals surface area contributed by atoms with E-state index in [2.05, 4.69) is 34.9 Å². The van der Waals surface area contributed by atoms with Crippen molar-refractivity contribution < 1.29 is 9.50 Å². The highest BCUT2D eigenvalue weighted by Gasteiger charge is 2.19. The minimum absolute atomic E-state index is 0.238. The standard InChI is InChI=1S/C17H21BrFN3O2/c1-11(2)9-22(14-8-20-21(3)17(24)16(14)18)10-15(23)12-4-6-13(19)7-5-12/h4-8,11,15,23H,9-10H2,1-3H3. The highest BCUT2D eigenvalue weighted by Crippen LogP contribution is 2.25. The number of anilines is 1. The van der Waals surface area contributed by atoms with E-state index in [9.17, 15) is 14.3 Å². The molecule has 1 N–H and O–H groups in total. The molecular formula is C17H21BrFN3O2. The molecule has 1 aromatic carbocycles. The predicted molar refractivity (Wildman–Crippen MR) is 95.6 cm³/mol. The predicted octanol–water partition coefficient (Wildman–Crippen LogP) is 2.88. The molecule has 1 heterocycles. The fraction of sp³-hybridized carbons (Fsp3) is 0.412. The molecular weight excluding hydrogens is 377 g/mol. The summed E-state index contributed by atoms with van der Waals surface area (Å²) in [5.74, 6) is -0.0233. The molecule has 0 aliphatic heterocycles. The van der Waals surface area contributed by atoms with Crippen molar-refractivity contribution >= 4 is 21.6 Å². The van der Waals surface area contributed by atoms with Crippen LogP contribution in [0.25, 0.3) is 0 Å². The number of nitrogens with zero attached hydrogens (tertiary/aromatic N) is 3. The molecule has 1 aromatic heterocycles. The summed E-state index contributed by atoms with van der Waals surface area (Å²) in [6.07, 6.45) is 0.797. The van der Waals surface area contributed by atoms with E-state index < -0.39 is 6.10 Å². The molecule has 2 rings (SSSR count). The Morgan fingerprint density at radius 2 is 1.92 bits per heavy atom. The van der Waals surface area contributed by atoms with Gasteiger partial charge >= 0.3 is 0 Å². The van der Waals surface area contributed by atoms with Gasteiger partial charge in [-0.25, -0.2) is 9.07 Å². The van der Waals surface area contributed by atoms with Crippen molar-refractivity contribution in [2.45, 2.75) is 20.0 Å². The van der Waals surface area contributed by atoms with Crippen LogP contribution >= 0.6 is 15.9 Å². The lowest BCUT2D eigenvalue weighted by Gasteiger charge is -2.29. The van der Waals surface area contributed by atoms with Gasteiger partial charge in [-0.3, -0.25) is 4.79 Å². The van der Waals surface area contributed by atoms with Gasteiger partial charge in [-0.05, 0) is 39.5 Å². The second kappa shape index (κ2) is 7.90. The van der Waals surface area contributed by atoms with Gasteiger partial charge < -0.3 is 10.0 Å². The van der Waals surface area contributed by atoms with Gasteiger partial charge in [-0.15, -0.1) is 0 Å². The van der Waals surface area contributed by atoms with Gasteiger partial charge in [0.1, 0.15) is 10.3 Å². The maximum absolute atomic E-state index is 13.0. The highest BCUT2D eigenvalue weighted by atomic mass is 79.9. The molecule has 130 valence electrons. The average molecular weight is 398 g/mol. The van der Waals surface area contributed by atoms with Crippen molar-refractivity contribution in [1.82, 2.24) is 9.78 Å². The Labute approximate surface area is 148 Å². The van der Waals surface area contributed by atoms with Crippen LogP contribution in [0, 0.1) is 11.7 Å². The summed E-state index contributed by atoms with van der Waals surface area (Å²) in [5, 5.41) is 14.5. The molecule has 0 saturated carbocycles. The molecule has 0 fully saturated rings. The number of aliphatic hydroxyl groups excluding tert-OH is 1. The first-order chi connectivity index (χ1) is 11.3. The van der Waals surface area contributed by atoms with Gasteiger partial charge in [-0.1, -0.05) is 26.0 Å². The van der Waals surface area contributed by atoms with E-state index >= 15 is 0 Å². The van der Waals surface area contributed by atoms with E-state index in [1.165, 1.54) is 16.8 Å². The Hall–Kier alpha value is -1.73. The van der Waals surface area contributed by atoms with Gasteiger partial charge in [0.05, 0.1) is 18.0 Å². The Bertz CT molecular complexity index is 746. The number of rotatable bonds is 6. The summed E-state index contributed by atoms with van der Waals surface area (Å²) in [6, 6.07) is 5.76. The molecule has 0 bridgehead atoms. The summed E-state index contributed by atoms with van der Waals surface area (Å²) in [5.41, 5.74) is 1.02. The molecule has 7 heteroatoms. The van der Waals surface area contributed by atoms with E-state index in [-0.39, 0.29) is 17.9 Å². The lowest BCUT2D eigenvalue weighted by molar-refractivity contribution is 0.182. The summed E-state index contributed by atoms with van der Waals surface area (Å²) < 4.78 is 14.7. The molecule has 0 amide bonds. The number of aromatic nitrogens is 2. The van der Waals surface area contributed by atoms with Crippen LogP contribution in [0.4, 0.5) is 10.1 Å². The maximum Gasteiger partial charge on any atom is 0.282 e. The molecule has 0 aliphatic rings. The minimum atomic E-state index is -0.805. The van der Waals surface area contributed by atoms with Crippen LogP contribution in [0.2, 0.25) is 0 Å². The fourth-order valence-corrected chi connectivity index (χ4v) is 3.04. The number of aliphatic hydroxyl groups is 1. The van der Waals surface area contributed by atoms with E-state index in [0.29, 0.717) is 28.2 Å². The van der Waals surface area contributed by atoms with Gasteiger partial charge in [0.2, 0.25) is 0 Å². The van der Waals surface area contributed by atoms with Crippen LogP contribution in [0.3, 0.4) is 0 Å². The zero-order chi connectivity index (χ0) is 17.9. The summed E-state index contributed by atoms with van der Waals surface area (Å²) in [6.45, 7) is 5.03. The molecule has 2 aromatic rings. The van der Waals surface area contributed by atoms with Gasteiger partial charge in [0.15, 0.2) is 0 Å².